The molecule has 3 aromatic rings. The lowest BCUT2D eigenvalue weighted by atomic mass is 9.90. The third-order valence-corrected chi connectivity index (χ3v) is 4.91. The number of fused-ring (bicyclic) bond motifs is 1. The third kappa shape index (κ3) is 4.04. The lowest BCUT2D eigenvalue weighted by molar-refractivity contribution is 0.502. The van der Waals surface area contributed by atoms with Gasteiger partial charge in [-0.05, 0) is 24.0 Å². The maximum absolute atomic E-state index is 4.65. The normalized spacial score (nSPS) is 14.0. The van der Waals surface area contributed by atoms with Crippen LogP contribution in [0.1, 0.15) is 68.2 Å². The summed E-state index contributed by atoms with van der Waals surface area (Å²) < 4.78 is 2.38. The second kappa shape index (κ2) is 9.33. The van der Waals surface area contributed by atoms with Crippen molar-refractivity contribution in [1.29, 1.82) is 0 Å². The van der Waals surface area contributed by atoms with E-state index in [-0.39, 0.29) is 5.92 Å². The van der Waals surface area contributed by atoms with Crippen molar-refractivity contribution >= 4 is 0 Å². The number of benzene rings is 2. The molecule has 2 heterocycles. The second-order valence-corrected chi connectivity index (χ2v) is 6.54. The van der Waals surface area contributed by atoms with Gasteiger partial charge < -0.3 is 4.57 Å². The van der Waals surface area contributed by atoms with E-state index in [1.54, 1.807) is 0 Å². The summed E-state index contributed by atoms with van der Waals surface area (Å²) in [6.45, 7) is 5.04. The maximum atomic E-state index is 4.65. The predicted molar refractivity (Wildman–Crippen MR) is 107 cm³/mol. The van der Waals surface area contributed by atoms with Crippen molar-refractivity contribution in [1.82, 2.24) is 14.8 Å². The molecule has 0 radical (unpaired) electrons. The van der Waals surface area contributed by atoms with Crippen LogP contribution in [0, 0.1) is 0 Å². The Morgan fingerprint density at radius 1 is 0.731 bits per heavy atom. The summed E-state index contributed by atoms with van der Waals surface area (Å²) in [6, 6.07) is 21.4. The number of nitrogens with zero attached hydrogens (tertiary/aromatic N) is 3. The van der Waals surface area contributed by atoms with Crippen molar-refractivity contribution in [2.45, 2.75) is 58.4 Å². The van der Waals surface area contributed by atoms with E-state index in [2.05, 4.69) is 75.4 Å². The van der Waals surface area contributed by atoms with Gasteiger partial charge in [-0.3, -0.25) is 0 Å². The lowest BCUT2D eigenvalue weighted by Gasteiger charge is -2.20. The van der Waals surface area contributed by atoms with Crippen LogP contribution in [-0.4, -0.2) is 14.8 Å². The molecule has 0 atom stereocenters. The van der Waals surface area contributed by atoms with Crippen LogP contribution < -0.4 is 0 Å². The number of hydrogen-bond acceptors (Lipinski definition) is 2. The van der Waals surface area contributed by atoms with Crippen LogP contribution in [0.4, 0.5) is 0 Å². The highest BCUT2D eigenvalue weighted by Gasteiger charge is 2.24. The van der Waals surface area contributed by atoms with Crippen LogP contribution in [-0.2, 0) is 13.0 Å². The van der Waals surface area contributed by atoms with Crippen LogP contribution in [0.3, 0.4) is 0 Å². The van der Waals surface area contributed by atoms with Gasteiger partial charge in [0, 0.05) is 13.0 Å². The van der Waals surface area contributed by atoms with Gasteiger partial charge in [0.05, 0.1) is 5.92 Å². The Labute approximate surface area is 157 Å². The van der Waals surface area contributed by atoms with Gasteiger partial charge in [0.15, 0.2) is 0 Å². The Bertz CT molecular complexity index is 738. The largest absolute Gasteiger partial charge is 0.314 e. The van der Waals surface area contributed by atoms with E-state index in [0.717, 1.165) is 24.6 Å². The smallest absolute Gasteiger partial charge is 0.145 e. The molecule has 26 heavy (non-hydrogen) atoms. The fraction of sp³-hybridized carbons (Fsp3) is 0.391. The minimum Gasteiger partial charge on any atom is -0.314 e. The average Bonchev–Trinajstić information content (AvgIpc) is 3.06. The van der Waals surface area contributed by atoms with E-state index < -0.39 is 0 Å². The first-order valence-electron chi connectivity index (χ1n) is 9.95. The molecule has 0 fully saturated rings. The Balaban J connectivity index is 0.000000948. The van der Waals surface area contributed by atoms with Gasteiger partial charge in [0.1, 0.15) is 11.6 Å². The molecule has 0 spiro atoms. The molecule has 0 N–H and O–H groups in total. The molecule has 2 aromatic carbocycles. The summed E-state index contributed by atoms with van der Waals surface area (Å²) in [5.74, 6) is 2.39. The van der Waals surface area contributed by atoms with Crippen molar-refractivity contribution in [3.63, 3.8) is 0 Å². The first-order valence-corrected chi connectivity index (χ1v) is 9.95. The highest BCUT2D eigenvalue weighted by atomic mass is 15.3. The standard InChI is InChI=1S/C21H23N3.C2H6/c1-2-10-16-24-19(15-9-1)22-23-21(24)20(17-11-5-3-6-12-17)18-13-7-4-8-14-18;1-2/h3-8,11-14,20H,1-2,9-10,15-16H2;1-2H3. The molecule has 0 bridgehead atoms. The molecule has 0 saturated heterocycles. The van der Waals surface area contributed by atoms with E-state index in [9.17, 15) is 0 Å². The summed E-state index contributed by atoms with van der Waals surface area (Å²) in [5.41, 5.74) is 2.56. The SMILES string of the molecule is CC.c1ccc(C(c2ccccc2)c2nnc3n2CCCCCC3)cc1. The van der Waals surface area contributed by atoms with Crippen LogP contribution >= 0.6 is 0 Å². The molecule has 1 aliphatic heterocycles. The number of aryl methyl sites for hydroxylation is 1. The zero-order valence-electron chi connectivity index (χ0n) is 15.9. The van der Waals surface area contributed by atoms with Gasteiger partial charge in [-0.15, -0.1) is 10.2 Å². The average molecular weight is 348 g/mol. The van der Waals surface area contributed by atoms with Crippen molar-refractivity contribution in [2.24, 2.45) is 0 Å². The van der Waals surface area contributed by atoms with Gasteiger partial charge in [0.25, 0.3) is 0 Å². The summed E-state index contributed by atoms with van der Waals surface area (Å²) in [5, 5.41) is 9.19. The number of hydrogen-bond donors (Lipinski definition) is 0. The van der Waals surface area contributed by atoms with Crippen molar-refractivity contribution in [3.05, 3.63) is 83.4 Å². The van der Waals surface area contributed by atoms with Crippen molar-refractivity contribution < 1.29 is 0 Å². The molecule has 0 amide bonds. The molecule has 1 aliphatic rings. The van der Waals surface area contributed by atoms with Gasteiger partial charge in [-0.25, -0.2) is 0 Å². The molecule has 3 heteroatoms. The van der Waals surface area contributed by atoms with Crippen LogP contribution in [0.5, 0.6) is 0 Å². The Kier molecular flexibility index (Phi) is 6.59. The van der Waals surface area contributed by atoms with Crippen LogP contribution in [0.25, 0.3) is 0 Å². The van der Waals surface area contributed by atoms with Gasteiger partial charge in [-0.1, -0.05) is 87.4 Å². The van der Waals surface area contributed by atoms with Gasteiger partial charge in [-0.2, -0.15) is 0 Å². The first-order chi connectivity index (χ1) is 12.9. The van der Waals surface area contributed by atoms with Crippen molar-refractivity contribution in [3.8, 4) is 0 Å². The molecular weight excluding hydrogens is 318 g/mol. The van der Waals surface area contributed by atoms with Crippen molar-refractivity contribution in [2.75, 3.05) is 0 Å². The number of aromatic nitrogens is 3. The second-order valence-electron chi connectivity index (χ2n) is 6.54. The summed E-state index contributed by atoms with van der Waals surface area (Å²) in [6.07, 6.45) is 6.10. The summed E-state index contributed by atoms with van der Waals surface area (Å²) >= 11 is 0. The minimum atomic E-state index is 0.146. The lowest BCUT2D eigenvalue weighted by Crippen LogP contribution is -2.15. The zero-order chi connectivity index (χ0) is 18.2. The zero-order valence-corrected chi connectivity index (χ0v) is 15.9. The van der Waals surface area contributed by atoms with E-state index in [0.29, 0.717) is 0 Å². The van der Waals surface area contributed by atoms with Gasteiger partial charge in [0.2, 0.25) is 0 Å². The molecule has 3 nitrogen and oxygen atoms in total. The van der Waals surface area contributed by atoms with Crippen LogP contribution in [0.15, 0.2) is 60.7 Å². The summed E-state index contributed by atoms with van der Waals surface area (Å²) in [4.78, 5) is 0. The monoisotopic (exact) mass is 347 g/mol. The molecule has 4 rings (SSSR count). The van der Waals surface area contributed by atoms with Gasteiger partial charge >= 0.3 is 0 Å². The van der Waals surface area contributed by atoms with E-state index in [1.165, 1.54) is 36.8 Å². The molecule has 0 aliphatic carbocycles. The Morgan fingerprint density at radius 2 is 1.31 bits per heavy atom. The topological polar surface area (TPSA) is 30.7 Å². The molecule has 136 valence electrons. The fourth-order valence-corrected chi connectivity index (χ4v) is 3.68. The molecular formula is C23H29N3. The minimum absolute atomic E-state index is 0.146. The predicted octanol–water partition coefficient (Wildman–Crippen LogP) is 5.60. The van der Waals surface area contributed by atoms with Crippen LogP contribution in [0.2, 0.25) is 0 Å². The maximum Gasteiger partial charge on any atom is 0.145 e. The third-order valence-electron chi connectivity index (χ3n) is 4.91. The highest BCUT2D eigenvalue weighted by Crippen LogP contribution is 2.32. The Hall–Kier alpha value is -2.42. The van der Waals surface area contributed by atoms with E-state index >= 15 is 0 Å². The molecule has 0 unspecified atom stereocenters. The first kappa shape index (κ1) is 18.4. The number of rotatable bonds is 3. The summed E-state index contributed by atoms with van der Waals surface area (Å²) in [7, 11) is 0. The Morgan fingerprint density at radius 3 is 1.92 bits per heavy atom. The highest BCUT2D eigenvalue weighted by molar-refractivity contribution is 5.38. The fourth-order valence-electron chi connectivity index (χ4n) is 3.68. The quantitative estimate of drug-likeness (QED) is 0.617. The van der Waals surface area contributed by atoms with E-state index in [1.807, 2.05) is 13.8 Å². The molecule has 0 saturated carbocycles. The van der Waals surface area contributed by atoms with E-state index in [4.69, 9.17) is 0 Å². The molecule has 1 aromatic heterocycles.